The molecule has 0 aliphatic heterocycles. The van der Waals surface area contributed by atoms with Crippen molar-refractivity contribution in [3.63, 3.8) is 0 Å². The van der Waals surface area contributed by atoms with Crippen LogP contribution in [0.4, 0.5) is 10.5 Å². The van der Waals surface area contributed by atoms with E-state index >= 15 is 0 Å². The van der Waals surface area contributed by atoms with Crippen LogP contribution in [0.5, 0.6) is 0 Å². The van der Waals surface area contributed by atoms with Crippen LogP contribution in [0.3, 0.4) is 0 Å². The molecule has 0 aliphatic rings. The van der Waals surface area contributed by atoms with Crippen molar-refractivity contribution in [1.29, 1.82) is 0 Å². The van der Waals surface area contributed by atoms with E-state index in [0.29, 0.717) is 0 Å². The van der Waals surface area contributed by atoms with E-state index < -0.39 is 62.2 Å². The van der Waals surface area contributed by atoms with Gasteiger partial charge >= 0.3 is 6.09 Å². The maximum absolute atomic E-state index is 12.4. The number of carbonyl (C=O) groups is 2. The molecule has 12 heteroatoms. The van der Waals surface area contributed by atoms with Crippen LogP contribution in [0.15, 0.2) is 29.2 Å². The summed E-state index contributed by atoms with van der Waals surface area (Å²) in [7, 11) is -4.36. The summed E-state index contributed by atoms with van der Waals surface area (Å²) in [5.41, 5.74) is -1.50. The van der Waals surface area contributed by atoms with Crippen molar-refractivity contribution in [2.45, 2.75) is 37.3 Å². The Bertz CT molecular complexity index is 817. The van der Waals surface area contributed by atoms with Crippen molar-refractivity contribution in [3.8, 4) is 0 Å². The molecule has 0 heterocycles. The summed E-state index contributed by atoms with van der Waals surface area (Å²) in [4.78, 5) is 33.1. The average Bonchev–Trinajstić information content (AvgIpc) is 2.56. The Morgan fingerprint density at radius 1 is 1.30 bits per heavy atom. The highest BCUT2D eigenvalue weighted by atomic mass is 32.2. The second-order valence-electron chi connectivity index (χ2n) is 6.40. The normalized spacial score (nSPS) is 12.9. The molecule has 1 aromatic carbocycles. The zero-order valence-electron chi connectivity index (χ0n) is 15.0. The van der Waals surface area contributed by atoms with Crippen molar-refractivity contribution in [1.82, 2.24) is 10.0 Å². The number of sulfonamides is 1. The summed E-state index contributed by atoms with van der Waals surface area (Å²) >= 11 is 0. The molecular formula is C15H21N3O8S. The molecule has 0 saturated heterocycles. The number of ether oxygens (including phenoxy) is 1. The van der Waals surface area contributed by atoms with Gasteiger partial charge in [0.1, 0.15) is 18.2 Å². The summed E-state index contributed by atoms with van der Waals surface area (Å²) < 4.78 is 31.7. The average molecular weight is 403 g/mol. The van der Waals surface area contributed by atoms with Gasteiger partial charge in [-0.05, 0) is 26.8 Å². The number of hydrogen-bond donors (Lipinski definition) is 3. The molecule has 11 nitrogen and oxygen atoms in total. The number of nitro benzene ring substituents is 1. The van der Waals surface area contributed by atoms with E-state index in [1.54, 1.807) is 20.8 Å². The molecule has 1 rings (SSSR count). The molecule has 3 N–H and O–H groups in total. The van der Waals surface area contributed by atoms with Crippen LogP contribution in [0.1, 0.15) is 20.8 Å². The SMILES string of the molecule is CC(C)(C)OC(=O)N[C@@H](CNS(=O)(=O)c1ccccc1[N+](=O)[O-])C(=O)CO. The summed E-state index contributed by atoms with van der Waals surface area (Å²) in [5.74, 6) is -0.869. The van der Waals surface area contributed by atoms with E-state index in [9.17, 15) is 28.1 Å². The van der Waals surface area contributed by atoms with Crippen LogP contribution in [0, 0.1) is 10.1 Å². The third kappa shape index (κ3) is 6.92. The number of rotatable bonds is 8. The Labute approximate surface area is 155 Å². The first-order valence-corrected chi connectivity index (χ1v) is 9.22. The number of Topliss-reactive ketones (excluding diaryl/α,β-unsaturated/α-hetero) is 1. The lowest BCUT2D eigenvalue weighted by atomic mass is 10.2. The van der Waals surface area contributed by atoms with Gasteiger partial charge in [-0.25, -0.2) is 17.9 Å². The number of amides is 1. The molecular weight excluding hydrogens is 382 g/mol. The quantitative estimate of drug-likeness (QED) is 0.412. The van der Waals surface area contributed by atoms with Crippen LogP contribution in [-0.4, -0.2) is 55.1 Å². The lowest BCUT2D eigenvalue weighted by molar-refractivity contribution is -0.387. The molecule has 150 valence electrons. The Morgan fingerprint density at radius 2 is 1.89 bits per heavy atom. The first kappa shape index (κ1) is 22.5. The fourth-order valence-electron chi connectivity index (χ4n) is 1.91. The highest BCUT2D eigenvalue weighted by Gasteiger charge is 2.29. The van der Waals surface area contributed by atoms with Gasteiger partial charge in [-0.3, -0.25) is 14.9 Å². The zero-order valence-corrected chi connectivity index (χ0v) is 15.8. The number of nitrogens with zero attached hydrogens (tertiary/aromatic N) is 1. The predicted octanol–water partition coefficient (Wildman–Crippen LogP) is 0.328. The topological polar surface area (TPSA) is 165 Å². The molecule has 1 atom stereocenters. The molecule has 0 aliphatic carbocycles. The van der Waals surface area contributed by atoms with E-state index in [1.165, 1.54) is 12.1 Å². The lowest BCUT2D eigenvalue weighted by Gasteiger charge is -2.23. The number of para-hydroxylation sites is 1. The van der Waals surface area contributed by atoms with E-state index in [0.717, 1.165) is 12.1 Å². The van der Waals surface area contributed by atoms with Crippen LogP contribution in [0.2, 0.25) is 0 Å². The molecule has 0 fully saturated rings. The highest BCUT2D eigenvalue weighted by molar-refractivity contribution is 7.89. The van der Waals surface area contributed by atoms with Crippen molar-refractivity contribution in [3.05, 3.63) is 34.4 Å². The van der Waals surface area contributed by atoms with E-state index in [-0.39, 0.29) is 0 Å². The maximum Gasteiger partial charge on any atom is 0.408 e. The Hall–Kier alpha value is -2.57. The largest absolute Gasteiger partial charge is 0.444 e. The molecule has 0 unspecified atom stereocenters. The Morgan fingerprint density at radius 3 is 2.41 bits per heavy atom. The van der Waals surface area contributed by atoms with Crippen LogP contribution in [0.25, 0.3) is 0 Å². The molecule has 0 radical (unpaired) electrons. The summed E-state index contributed by atoms with van der Waals surface area (Å²) in [6.45, 7) is 3.19. The van der Waals surface area contributed by atoms with Crippen LogP contribution in [-0.2, 0) is 19.6 Å². The second kappa shape index (κ2) is 8.88. The predicted molar refractivity (Wildman–Crippen MR) is 93.5 cm³/mol. The summed E-state index contributed by atoms with van der Waals surface area (Å²) in [5, 5.41) is 22.2. The number of nitro groups is 1. The van der Waals surface area contributed by atoms with Crippen molar-refractivity contribution in [2.75, 3.05) is 13.2 Å². The summed E-state index contributed by atoms with van der Waals surface area (Å²) in [6.07, 6.45) is -0.987. The van der Waals surface area contributed by atoms with Crippen molar-refractivity contribution in [2.24, 2.45) is 0 Å². The fraction of sp³-hybridized carbons (Fsp3) is 0.467. The number of alkyl carbamates (subject to hydrolysis) is 1. The van der Waals surface area contributed by atoms with Crippen molar-refractivity contribution < 1.29 is 32.8 Å². The Kier molecular flexibility index (Phi) is 7.39. The number of aliphatic hydroxyl groups excluding tert-OH is 1. The molecule has 0 bridgehead atoms. The third-order valence-electron chi connectivity index (χ3n) is 3.06. The first-order chi connectivity index (χ1) is 12.4. The summed E-state index contributed by atoms with van der Waals surface area (Å²) in [6, 6.07) is 3.23. The second-order valence-corrected chi connectivity index (χ2v) is 8.14. The zero-order chi connectivity index (χ0) is 20.8. The first-order valence-electron chi connectivity index (χ1n) is 7.73. The number of benzene rings is 1. The van der Waals surface area contributed by atoms with Crippen LogP contribution < -0.4 is 10.0 Å². The molecule has 0 saturated carbocycles. The lowest BCUT2D eigenvalue weighted by Crippen LogP contribution is -2.50. The van der Waals surface area contributed by atoms with Gasteiger partial charge in [-0.2, -0.15) is 0 Å². The number of hydrogen-bond acceptors (Lipinski definition) is 8. The molecule has 27 heavy (non-hydrogen) atoms. The number of aliphatic hydroxyl groups is 1. The highest BCUT2D eigenvalue weighted by Crippen LogP contribution is 2.22. The third-order valence-corrected chi connectivity index (χ3v) is 4.54. The molecule has 1 aromatic rings. The molecule has 0 aromatic heterocycles. The number of nitrogens with one attached hydrogen (secondary N) is 2. The fourth-order valence-corrected chi connectivity index (χ4v) is 3.13. The van der Waals surface area contributed by atoms with Gasteiger partial charge in [-0.1, -0.05) is 12.1 Å². The van der Waals surface area contributed by atoms with Gasteiger partial charge in [0, 0.05) is 12.6 Å². The smallest absolute Gasteiger partial charge is 0.408 e. The molecule has 1 amide bonds. The van der Waals surface area contributed by atoms with E-state index in [2.05, 4.69) is 5.32 Å². The van der Waals surface area contributed by atoms with Gasteiger partial charge in [-0.15, -0.1) is 0 Å². The minimum atomic E-state index is -4.36. The maximum atomic E-state index is 12.4. The van der Waals surface area contributed by atoms with Gasteiger partial charge < -0.3 is 15.2 Å². The van der Waals surface area contributed by atoms with Gasteiger partial charge in [0.05, 0.1) is 4.92 Å². The minimum Gasteiger partial charge on any atom is -0.444 e. The van der Waals surface area contributed by atoms with E-state index in [1.807, 2.05) is 4.72 Å². The monoisotopic (exact) mass is 403 g/mol. The number of ketones is 1. The van der Waals surface area contributed by atoms with E-state index in [4.69, 9.17) is 9.84 Å². The minimum absolute atomic E-state index is 0.595. The Balaban J connectivity index is 2.96. The standard InChI is InChI=1S/C15H21N3O8S/c1-15(2,3)26-14(21)17-10(12(20)9-19)8-16-27(24,25)13-7-5-4-6-11(13)18(22)23/h4-7,10,16,19H,8-9H2,1-3H3,(H,17,21)/t10-/m0/s1. The van der Waals surface area contributed by atoms with Gasteiger partial charge in [0.25, 0.3) is 5.69 Å². The molecule has 0 spiro atoms. The number of carbonyl (C=O) groups excluding carboxylic acids is 2. The van der Waals surface area contributed by atoms with Crippen molar-refractivity contribution >= 4 is 27.6 Å². The van der Waals surface area contributed by atoms with Crippen LogP contribution >= 0.6 is 0 Å². The van der Waals surface area contributed by atoms with Gasteiger partial charge in [0.15, 0.2) is 10.7 Å². The van der Waals surface area contributed by atoms with Gasteiger partial charge in [0.2, 0.25) is 10.0 Å².